The SMILES string of the molecule is Cn1c(N2CCC(Oc3cccc4[nH]ccc34)CC2)nc2c(cnn2C)c1=O. The van der Waals surface area contributed by atoms with Crippen molar-refractivity contribution in [3.63, 3.8) is 0 Å². The zero-order valence-electron chi connectivity index (χ0n) is 15.9. The molecule has 1 aliphatic rings. The molecule has 0 amide bonds. The normalized spacial score (nSPS) is 15.6. The molecule has 3 aromatic heterocycles. The molecule has 0 bridgehead atoms. The van der Waals surface area contributed by atoms with Gasteiger partial charge in [-0.05, 0) is 18.2 Å². The minimum Gasteiger partial charge on any atom is -0.490 e. The van der Waals surface area contributed by atoms with Gasteiger partial charge in [0.1, 0.15) is 17.2 Å². The number of piperidine rings is 1. The molecule has 1 N–H and O–H groups in total. The first kappa shape index (κ1) is 16.9. The van der Waals surface area contributed by atoms with Crippen molar-refractivity contribution in [3.8, 4) is 5.75 Å². The number of aromatic nitrogens is 5. The van der Waals surface area contributed by atoms with Crippen molar-refractivity contribution in [2.24, 2.45) is 14.1 Å². The van der Waals surface area contributed by atoms with Gasteiger partial charge in [-0.25, -0.2) is 0 Å². The van der Waals surface area contributed by atoms with Gasteiger partial charge in [-0.2, -0.15) is 10.1 Å². The Morgan fingerprint density at radius 3 is 2.79 bits per heavy atom. The van der Waals surface area contributed by atoms with Gasteiger partial charge in [-0.15, -0.1) is 0 Å². The zero-order valence-corrected chi connectivity index (χ0v) is 15.9. The van der Waals surface area contributed by atoms with E-state index >= 15 is 0 Å². The molecular weight excluding hydrogens is 356 g/mol. The van der Waals surface area contributed by atoms with Crippen LogP contribution in [0.5, 0.6) is 5.75 Å². The first-order valence-corrected chi connectivity index (χ1v) is 9.48. The maximum atomic E-state index is 12.6. The van der Waals surface area contributed by atoms with Gasteiger partial charge in [0.2, 0.25) is 5.95 Å². The number of hydrogen-bond donors (Lipinski definition) is 1. The number of aryl methyl sites for hydroxylation is 1. The van der Waals surface area contributed by atoms with Crippen LogP contribution in [0, 0.1) is 0 Å². The van der Waals surface area contributed by atoms with Crippen molar-refractivity contribution < 1.29 is 4.74 Å². The van der Waals surface area contributed by atoms with Crippen LogP contribution in [0.2, 0.25) is 0 Å². The van der Waals surface area contributed by atoms with E-state index in [0.29, 0.717) is 17.0 Å². The molecule has 0 radical (unpaired) electrons. The molecule has 4 aromatic rings. The average Bonchev–Trinajstić information content (AvgIpc) is 3.33. The molecule has 4 heterocycles. The van der Waals surface area contributed by atoms with Crippen LogP contribution >= 0.6 is 0 Å². The van der Waals surface area contributed by atoms with Crippen LogP contribution in [-0.4, -0.2) is 43.5 Å². The quantitative estimate of drug-likeness (QED) is 0.591. The number of ether oxygens (including phenoxy) is 1. The lowest BCUT2D eigenvalue weighted by atomic mass is 10.1. The lowest BCUT2D eigenvalue weighted by Crippen LogP contribution is -2.41. The second-order valence-electron chi connectivity index (χ2n) is 7.28. The van der Waals surface area contributed by atoms with E-state index in [9.17, 15) is 4.79 Å². The summed E-state index contributed by atoms with van der Waals surface area (Å²) < 4.78 is 9.56. The summed E-state index contributed by atoms with van der Waals surface area (Å²) in [4.78, 5) is 22.7. The Balaban J connectivity index is 1.35. The molecule has 0 aliphatic carbocycles. The number of H-pyrrole nitrogens is 1. The Morgan fingerprint density at radius 2 is 1.96 bits per heavy atom. The monoisotopic (exact) mass is 378 g/mol. The summed E-state index contributed by atoms with van der Waals surface area (Å²) in [7, 11) is 3.58. The fraction of sp³-hybridized carbons (Fsp3) is 0.350. The molecule has 1 fully saturated rings. The molecule has 8 nitrogen and oxygen atoms in total. The van der Waals surface area contributed by atoms with Crippen LogP contribution in [0.1, 0.15) is 12.8 Å². The molecule has 0 saturated carbocycles. The summed E-state index contributed by atoms with van der Waals surface area (Å²) in [6.07, 6.45) is 5.41. The highest BCUT2D eigenvalue weighted by atomic mass is 16.5. The van der Waals surface area contributed by atoms with E-state index in [2.05, 4.69) is 15.0 Å². The van der Waals surface area contributed by atoms with Crippen molar-refractivity contribution in [2.75, 3.05) is 18.0 Å². The number of anilines is 1. The molecule has 28 heavy (non-hydrogen) atoms. The van der Waals surface area contributed by atoms with E-state index in [-0.39, 0.29) is 11.7 Å². The van der Waals surface area contributed by atoms with Crippen LogP contribution in [0.25, 0.3) is 21.9 Å². The Kier molecular flexibility index (Phi) is 3.85. The summed E-state index contributed by atoms with van der Waals surface area (Å²) >= 11 is 0. The highest BCUT2D eigenvalue weighted by molar-refractivity contribution is 5.85. The fourth-order valence-electron chi connectivity index (χ4n) is 3.95. The molecule has 5 rings (SSSR count). The number of nitrogens with one attached hydrogen (secondary N) is 1. The van der Waals surface area contributed by atoms with Crippen molar-refractivity contribution in [3.05, 3.63) is 47.0 Å². The third-order valence-corrected chi connectivity index (χ3v) is 5.52. The van der Waals surface area contributed by atoms with Crippen molar-refractivity contribution in [1.82, 2.24) is 24.3 Å². The maximum absolute atomic E-state index is 12.6. The zero-order chi connectivity index (χ0) is 19.3. The van der Waals surface area contributed by atoms with Crippen molar-refractivity contribution in [2.45, 2.75) is 18.9 Å². The minimum atomic E-state index is -0.0643. The standard InChI is InChI=1S/C20H22N6O2/c1-24-19(27)15-12-22-25(2)18(15)23-20(24)26-10-7-13(8-11-26)28-17-5-3-4-16-14(17)6-9-21-16/h3-6,9,12-13,21H,7-8,10-11H2,1-2H3. The Bertz CT molecular complexity index is 1210. The van der Waals surface area contributed by atoms with Gasteiger partial charge in [-0.3, -0.25) is 14.0 Å². The van der Waals surface area contributed by atoms with E-state index < -0.39 is 0 Å². The van der Waals surface area contributed by atoms with Crippen LogP contribution in [0.3, 0.4) is 0 Å². The van der Waals surface area contributed by atoms with Crippen molar-refractivity contribution in [1.29, 1.82) is 0 Å². The second-order valence-corrected chi connectivity index (χ2v) is 7.28. The Hall–Kier alpha value is -3.29. The lowest BCUT2D eigenvalue weighted by Gasteiger charge is -2.33. The number of benzene rings is 1. The summed E-state index contributed by atoms with van der Waals surface area (Å²) in [5.74, 6) is 1.60. The predicted octanol–water partition coefficient (Wildman–Crippen LogP) is 2.20. The Morgan fingerprint density at radius 1 is 1.14 bits per heavy atom. The van der Waals surface area contributed by atoms with Gasteiger partial charge in [-0.1, -0.05) is 6.07 Å². The van der Waals surface area contributed by atoms with Crippen LogP contribution < -0.4 is 15.2 Å². The molecule has 1 saturated heterocycles. The van der Waals surface area contributed by atoms with Gasteiger partial charge < -0.3 is 14.6 Å². The van der Waals surface area contributed by atoms with Crippen molar-refractivity contribution >= 4 is 27.9 Å². The predicted molar refractivity (Wildman–Crippen MR) is 108 cm³/mol. The smallest absolute Gasteiger partial charge is 0.265 e. The highest BCUT2D eigenvalue weighted by Crippen LogP contribution is 2.28. The molecule has 0 unspecified atom stereocenters. The van der Waals surface area contributed by atoms with Gasteiger partial charge in [0.15, 0.2) is 5.65 Å². The summed E-state index contributed by atoms with van der Waals surface area (Å²) in [5.41, 5.74) is 1.64. The Labute approximate surface area is 161 Å². The van der Waals surface area contributed by atoms with E-state index in [1.165, 1.54) is 0 Å². The van der Waals surface area contributed by atoms with E-state index in [0.717, 1.165) is 42.6 Å². The highest BCUT2D eigenvalue weighted by Gasteiger charge is 2.25. The van der Waals surface area contributed by atoms with E-state index in [1.807, 2.05) is 30.5 Å². The van der Waals surface area contributed by atoms with Gasteiger partial charge >= 0.3 is 0 Å². The molecular formula is C20H22N6O2. The van der Waals surface area contributed by atoms with Crippen LogP contribution in [0.15, 0.2) is 41.5 Å². The topological polar surface area (TPSA) is 81.0 Å². The first-order chi connectivity index (χ1) is 13.6. The third-order valence-electron chi connectivity index (χ3n) is 5.52. The summed E-state index contributed by atoms with van der Waals surface area (Å²) in [5, 5.41) is 5.82. The van der Waals surface area contributed by atoms with Gasteiger partial charge in [0.05, 0.1) is 6.20 Å². The number of rotatable bonds is 3. The molecule has 1 aromatic carbocycles. The van der Waals surface area contributed by atoms with Crippen LogP contribution in [-0.2, 0) is 14.1 Å². The number of fused-ring (bicyclic) bond motifs is 2. The fourth-order valence-corrected chi connectivity index (χ4v) is 3.95. The maximum Gasteiger partial charge on any atom is 0.265 e. The largest absolute Gasteiger partial charge is 0.490 e. The lowest BCUT2D eigenvalue weighted by molar-refractivity contribution is 0.172. The molecule has 8 heteroatoms. The van der Waals surface area contributed by atoms with Gasteiger partial charge in [0.25, 0.3) is 5.56 Å². The minimum absolute atomic E-state index is 0.0643. The molecule has 0 spiro atoms. The first-order valence-electron chi connectivity index (χ1n) is 9.48. The van der Waals surface area contributed by atoms with Gasteiger partial charge in [0, 0.05) is 57.1 Å². The van der Waals surface area contributed by atoms with Crippen LogP contribution in [0.4, 0.5) is 5.95 Å². The average molecular weight is 378 g/mol. The third kappa shape index (κ3) is 2.64. The number of hydrogen-bond acceptors (Lipinski definition) is 5. The molecule has 0 atom stereocenters. The van der Waals surface area contributed by atoms with E-state index in [1.54, 1.807) is 29.5 Å². The van der Waals surface area contributed by atoms with E-state index in [4.69, 9.17) is 9.72 Å². The number of aromatic amines is 1. The summed E-state index contributed by atoms with van der Waals surface area (Å²) in [6.45, 7) is 1.58. The number of nitrogens with zero attached hydrogens (tertiary/aromatic N) is 5. The second kappa shape index (κ2) is 6.40. The molecule has 1 aliphatic heterocycles. The molecule has 144 valence electrons. The summed E-state index contributed by atoms with van der Waals surface area (Å²) in [6, 6.07) is 8.12.